The standard InChI is InChI=1S/C18H19NO2/c20-13-17-10-14(7-8-18(17)21)4-3-9-19-11-15-5-1-2-6-16(15)12-19/h1-8,10,20-21H,9,11-13H2. The van der Waals surface area contributed by atoms with E-state index >= 15 is 0 Å². The number of rotatable bonds is 4. The molecule has 21 heavy (non-hydrogen) atoms. The molecule has 1 aliphatic rings. The topological polar surface area (TPSA) is 43.7 Å². The third-order valence-corrected chi connectivity index (χ3v) is 3.85. The van der Waals surface area contributed by atoms with Crippen molar-refractivity contribution in [1.29, 1.82) is 0 Å². The average molecular weight is 281 g/mol. The monoisotopic (exact) mass is 281 g/mol. The molecular weight excluding hydrogens is 262 g/mol. The summed E-state index contributed by atoms with van der Waals surface area (Å²) in [5.74, 6) is 0.143. The molecule has 0 spiro atoms. The summed E-state index contributed by atoms with van der Waals surface area (Å²) >= 11 is 0. The third kappa shape index (κ3) is 3.15. The maximum Gasteiger partial charge on any atom is 0.121 e. The second-order valence-electron chi connectivity index (χ2n) is 5.39. The molecular formula is C18H19NO2. The van der Waals surface area contributed by atoms with Crippen molar-refractivity contribution in [2.75, 3.05) is 6.54 Å². The summed E-state index contributed by atoms with van der Waals surface area (Å²) in [6.45, 7) is 2.74. The SMILES string of the molecule is OCc1cc(C=CCN2Cc3ccccc3C2)ccc1O. The zero-order valence-corrected chi connectivity index (χ0v) is 11.9. The molecule has 3 rings (SSSR count). The Morgan fingerprint density at radius 1 is 1.05 bits per heavy atom. The lowest BCUT2D eigenvalue weighted by atomic mass is 10.1. The van der Waals surface area contributed by atoms with E-state index in [2.05, 4.69) is 35.2 Å². The maximum absolute atomic E-state index is 9.54. The Labute approximate surface area is 124 Å². The molecule has 0 amide bonds. The Hall–Kier alpha value is -2.10. The van der Waals surface area contributed by atoms with Crippen molar-refractivity contribution in [2.24, 2.45) is 0 Å². The Bertz CT molecular complexity index is 639. The molecule has 0 aliphatic carbocycles. The molecule has 3 heteroatoms. The van der Waals surface area contributed by atoms with Crippen LogP contribution < -0.4 is 0 Å². The van der Waals surface area contributed by atoms with Crippen LogP contribution in [0.25, 0.3) is 6.08 Å². The fraction of sp³-hybridized carbons (Fsp3) is 0.222. The number of phenols is 1. The van der Waals surface area contributed by atoms with Crippen LogP contribution in [-0.4, -0.2) is 21.7 Å². The number of benzene rings is 2. The van der Waals surface area contributed by atoms with Crippen LogP contribution in [0.2, 0.25) is 0 Å². The van der Waals surface area contributed by atoms with Crippen LogP contribution in [0.15, 0.2) is 48.5 Å². The van der Waals surface area contributed by atoms with Crippen LogP contribution in [-0.2, 0) is 19.7 Å². The van der Waals surface area contributed by atoms with E-state index in [9.17, 15) is 5.11 Å². The van der Waals surface area contributed by atoms with Crippen LogP contribution in [0.3, 0.4) is 0 Å². The van der Waals surface area contributed by atoms with E-state index in [1.807, 2.05) is 18.2 Å². The zero-order chi connectivity index (χ0) is 14.7. The van der Waals surface area contributed by atoms with Crippen LogP contribution in [0.4, 0.5) is 0 Å². The summed E-state index contributed by atoms with van der Waals surface area (Å²) in [6, 6.07) is 13.8. The third-order valence-electron chi connectivity index (χ3n) is 3.85. The Balaban J connectivity index is 1.61. The summed E-state index contributed by atoms with van der Waals surface area (Å²) in [7, 11) is 0. The highest BCUT2D eigenvalue weighted by molar-refractivity contribution is 5.53. The predicted molar refractivity (Wildman–Crippen MR) is 83.6 cm³/mol. The zero-order valence-electron chi connectivity index (χ0n) is 11.9. The Morgan fingerprint density at radius 3 is 2.43 bits per heavy atom. The summed E-state index contributed by atoms with van der Waals surface area (Å²) in [6.07, 6.45) is 4.15. The van der Waals surface area contributed by atoms with E-state index in [4.69, 9.17) is 5.11 Å². The molecule has 2 aromatic rings. The average Bonchev–Trinajstić information content (AvgIpc) is 2.91. The van der Waals surface area contributed by atoms with Gasteiger partial charge in [0.1, 0.15) is 5.75 Å². The van der Waals surface area contributed by atoms with Crippen LogP contribution in [0.5, 0.6) is 5.75 Å². The van der Waals surface area contributed by atoms with Gasteiger partial charge >= 0.3 is 0 Å². The second-order valence-corrected chi connectivity index (χ2v) is 5.39. The predicted octanol–water partition coefficient (Wildman–Crippen LogP) is 2.91. The van der Waals surface area contributed by atoms with Gasteiger partial charge in [0.2, 0.25) is 0 Å². The number of hydrogen-bond acceptors (Lipinski definition) is 3. The fourth-order valence-electron chi connectivity index (χ4n) is 2.71. The number of aliphatic hydroxyl groups is 1. The summed E-state index contributed by atoms with van der Waals surface area (Å²) < 4.78 is 0. The van der Waals surface area contributed by atoms with E-state index in [1.165, 1.54) is 11.1 Å². The quantitative estimate of drug-likeness (QED) is 0.905. The van der Waals surface area contributed by atoms with Gasteiger partial charge in [0.05, 0.1) is 6.61 Å². The largest absolute Gasteiger partial charge is 0.508 e. The van der Waals surface area contributed by atoms with Crippen molar-refractivity contribution in [1.82, 2.24) is 4.90 Å². The molecule has 108 valence electrons. The molecule has 0 aromatic heterocycles. The number of nitrogens with zero attached hydrogens (tertiary/aromatic N) is 1. The van der Waals surface area contributed by atoms with Gasteiger partial charge in [0.25, 0.3) is 0 Å². The second kappa shape index (κ2) is 6.12. The maximum atomic E-state index is 9.54. The molecule has 3 nitrogen and oxygen atoms in total. The van der Waals surface area contributed by atoms with Crippen LogP contribution in [0, 0.1) is 0 Å². The normalized spacial score (nSPS) is 14.7. The molecule has 0 saturated heterocycles. The summed E-state index contributed by atoms with van der Waals surface area (Å²) in [4.78, 5) is 2.38. The van der Waals surface area contributed by atoms with Gasteiger partial charge in [0.15, 0.2) is 0 Å². The van der Waals surface area contributed by atoms with E-state index in [0.29, 0.717) is 5.56 Å². The van der Waals surface area contributed by atoms with Crippen molar-refractivity contribution in [2.45, 2.75) is 19.7 Å². The van der Waals surface area contributed by atoms with E-state index in [0.717, 1.165) is 25.2 Å². The molecule has 0 radical (unpaired) electrons. The highest BCUT2D eigenvalue weighted by Crippen LogP contribution is 2.22. The first-order valence-electron chi connectivity index (χ1n) is 7.14. The Kier molecular flexibility index (Phi) is 4.04. The highest BCUT2D eigenvalue weighted by atomic mass is 16.3. The van der Waals surface area contributed by atoms with Crippen LogP contribution >= 0.6 is 0 Å². The van der Waals surface area contributed by atoms with Crippen LogP contribution in [0.1, 0.15) is 22.3 Å². The van der Waals surface area contributed by atoms with Crippen molar-refractivity contribution >= 4 is 6.08 Å². The minimum atomic E-state index is -0.144. The van der Waals surface area contributed by atoms with Gasteiger partial charge in [-0.15, -0.1) is 0 Å². The summed E-state index contributed by atoms with van der Waals surface area (Å²) in [5.41, 5.74) is 4.38. The van der Waals surface area contributed by atoms with Gasteiger partial charge in [-0.3, -0.25) is 4.90 Å². The van der Waals surface area contributed by atoms with Crippen molar-refractivity contribution in [3.63, 3.8) is 0 Å². The molecule has 1 heterocycles. The van der Waals surface area contributed by atoms with Gasteiger partial charge < -0.3 is 10.2 Å². The molecule has 0 unspecified atom stereocenters. The van der Waals surface area contributed by atoms with E-state index in [-0.39, 0.29) is 12.4 Å². The summed E-state index contributed by atoms with van der Waals surface area (Å²) in [5, 5.41) is 18.7. The molecule has 2 N–H and O–H groups in total. The van der Waals surface area contributed by atoms with Gasteiger partial charge in [-0.05, 0) is 28.8 Å². The number of aromatic hydroxyl groups is 1. The van der Waals surface area contributed by atoms with Crippen molar-refractivity contribution in [3.05, 3.63) is 70.8 Å². The molecule has 2 aromatic carbocycles. The highest BCUT2D eigenvalue weighted by Gasteiger charge is 2.16. The fourth-order valence-corrected chi connectivity index (χ4v) is 2.71. The Morgan fingerprint density at radius 2 is 1.76 bits per heavy atom. The van der Waals surface area contributed by atoms with Crippen molar-refractivity contribution < 1.29 is 10.2 Å². The minimum Gasteiger partial charge on any atom is -0.508 e. The van der Waals surface area contributed by atoms with E-state index in [1.54, 1.807) is 6.07 Å². The van der Waals surface area contributed by atoms with Gasteiger partial charge in [0, 0.05) is 25.2 Å². The van der Waals surface area contributed by atoms with Gasteiger partial charge in [-0.1, -0.05) is 42.5 Å². The first-order chi connectivity index (χ1) is 10.3. The van der Waals surface area contributed by atoms with E-state index < -0.39 is 0 Å². The lowest BCUT2D eigenvalue weighted by molar-refractivity contribution is 0.275. The molecule has 1 aliphatic heterocycles. The van der Waals surface area contributed by atoms with Gasteiger partial charge in [-0.25, -0.2) is 0 Å². The first kappa shape index (κ1) is 13.9. The van der Waals surface area contributed by atoms with Gasteiger partial charge in [-0.2, -0.15) is 0 Å². The first-order valence-corrected chi connectivity index (χ1v) is 7.14. The smallest absolute Gasteiger partial charge is 0.121 e. The lowest BCUT2D eigenvalue weighted by Gasteiger charge is -2.11. The molecule has 0 bridgehead atoms. The molecule has 0 atom stereocenters. The van der Waals surface area contributed by atoms with Crippen molar-refractivity contribution in [3.8, 4) is 5.75 Å². The number of fused-ring (bicyclic) bond motifs is 1. The molecule has 0 fully saturated rings. The number of aliphatic hydroxyl groups excluding tert-OH is 1. The minimum absolute atomic E-state index is 0.143. The number of hydrogen-bond donors (Lipinski definition) is 2. The molecule has 0 saturated carbocycles. The lowest BCUT2D eigenvalue weighted by Crippen LogP contribution is -2.15.